The lowest BCUT2D eigenvalue weighted by molar-refractivity contribution is -0.0133. The van der Waals surface area contributed by atoms with Crippen molar-refractivity contribution in [1.82, 2.24) is 4.90 Å². The maximum Gasteiger partial charge on any atom is 0.0385 e. The van der Waals surface area contributed by atoms with Gasteiger partial charge in [-0.05, 0) is 50.9 Å². The van der Waals surface area contributed by atoms with Crippen molar-refractivity contribution in [3.63, 3.8) is 0 Å². The molecule has 0 radical (unpaired) electrons. The number of hydrogen-bond donors (Lipinski definition) is 1. The molecule has 0 spiro atoms. The van der Waals surface area contributed by atoms with E-state index in [9.17, 15) is 0 Å². The third-order valence-electron chi connectivity index (χ3n) is 5.31. The zero-order valence-corrected chi connectivity index (χ0v) is 12.1. The van der Waals surface area contributed by atoms with Crippen LogP contribution in [0.4, 0.5) is 0 Å². The molecule has 0 heterocycles. The minimum Gasteiger partial charge on any atom is -0.329 e. The van der Waals surface area contributed by atoms with E-state index in [0.717, 1.165) is 12.5 Å². The minimum atomic E-state index is 0.254. The number of rotatable bonds is 5. The molecule has 2 aliphatic rings. The molecular weight excluding hydrogens is 208 g/mol. The Bertz CT molecular complexity index is 268. The second-order valence-electron chi connectivity index (χ2n) is 7.16. The van der Waals surface area contributed by atoms with Crippen LogP contribution >= 0.6 is 0 Å². The first-order valence-corrected chi connectivity index (χ1v) is 7.40. The van der Waals surface area contributed by atoms with Gasteiger partial charge in [-0.3, -0.25) is 4.90 Å². The molecule has 0 saturated heterocycles. The van der Waals surface area contributed by atoms with Gasteiger partial charge in [0.1, 0.15) is 0 Å². The quantitative estimate of drug-likeness (QED) is 0.798. The Kier molecular flexibility index (Phi) is 3.57. The van der Waals surface area contributed by atoms with Gasteiger partial charge in [-0.1, -0.05) is 20.3 Å². The molecule has 2 saturated carbocycles. The van der Waals surface area contributed by atoms with Crippen molar-refractivity contribution in [2.75, 3.05) is 13.1 Å². The Morgan fingerprint density at radius 2 is 1.88 bits per heavy atom. The average molecular weight is 238 g/mol. The van der Waals surface area contributed by atoms with Crippen molar-refractivity contribution in [3.05, 3.63) is 0 Å². The first-order chi connectivity index (χ1) is 7.93. The average Bonchev–Trinajstić information content (AvgIpc) is 3.00. The number of nitrogens with two attached hydrogens (primary N) is 1. The molecule has 0 amide bonds. The normalized spacial score (nSPS) is 32.6. The van der Waals surface area contributed by atoms with E-state index in [-0.39, 0.29) is 5.54 Å². The van der Waals surface area contributed by atoms with E-state index in [4.69, 9.17) is 5.73 Å². The molecule has 2 heteroatoms. The molecule has 2 nitrogen and oxygen atoms in total. The Balaban J connectivity index is 2.23. The highest BCUT2D eigenvalue weighted by Gasteiger charge is 2.52. The molecule has 0 bridgehead atoms. The topological polar surface area (TPSA) is 29.3 Å². The van der Waals surface area contributed by atoms with E-state index in [2.05, 4.69) is 32.6 Å². The summed E-state index contributed by atoms with van der Waals surface area (Å²) in [4.78, 5) is 2.75. The molecule has 1 unspecified atom stereocenters. The SMILES string of the molecule is CC(C)N(CC1CC1)C1(CN)CCCC1(C)C. The summed E-state index contributed by atoms with van der Waals surface area (Å²) in [6.07, 6.45) is 6.84. The largest absolute Gasteiger partial charge is 0.329 e. The molecule has 2 rings (SSSR count). The summed E-state index contributed by atoms with van der Waals surface area (Å²) < 4.78 is 0. The van der Waals surface area contributed by atoms with Crippen LogP contribution < -0.4 is 5.73 Å². The highest BCUT2D eigenvalue weighted by atomic mass is 15.3. The molecule has 0 aromatic heterocycles. The molecule has 1 atom stereocenters. The highest BCUT2D eigenvalue weighted by molar-refractivity contribution is 5.08. The van der Waals surface area contributed by atoms with Crippen molar-refractivity contribution in [2.24, 2.45) is 17.1 Å². The van der Waals surface area contributed by atoms with Crippen LogP contribution in [0.15, 0.2) is 0 Å². The van der Waals surface area contributed by atoms with Gasteiger partial charge in [0.25, 0.3) is 0 Å². The highest BCUT2D eigenvalue weighted by Crippen LogP contribution is 2.50. The van der Waals surface area contributed by atoms with Gasteiger partial charge in [-0.2, -0.15) is 0 Å². The van der Waals surface area contributed by atoms with Gasteiger partial charge in [0.15, 0.2) is 0 Å². The van der Waals surface area contributed by atoms with Crippen molar-refractivity contribution in [1.29, 1.82) is 0 Å². The van der Waals surface area contributed by atoms with Crippen molar-refractivity contribution in [3.8, 4) is 0 Å². The first-order valence-electron chi connectivity index (χ1n) is 7.40. The summed E-state index contributed by atoms with van der Waals surface area (Å²) in [5.74, 6) is 0.956. The molecule has 2 N–H and O–H groups in total. The van der Waals surface area contributed by atoms with E-state index in [1.807, 2.05) is 0 Å². The third kappa shape index (κ3) is 2.26. The number of hydrogen-bond acceptors (Lipinski definition) is 2. The minimum absolute atomic E-state index is 0.254. The molecule has 100 valence electrons. The molecule has 0 aromatic carbocycles. The van der Waals surface area contributed by atoms with Crippen molar-refractivity contribution in [2.45, 2.75) is 71.4 Å². The van der Waals surface area contributed by atoms with Gasteiger partial charge in [0, 0.05) is 24.7 Å². The van der Waals surface area contributed by atoms with Crippen LogP contribution in [0.25, 0.3) is 0 Å². The van der Waals surface area contributed by atoms with E-state index in [0.29, 0.717) is 11.5 Å². The predicted octanol–water partition coefficient (Wildman–Crippen LogP) is 3.01. The monoisotopic (exact) mass is 238 g/mol. The van der Waals surface area contributed by atoms with Crippen molar-refractivity contribution >= 4 is 0 Å². The lowest BCUT2D eigenvalue weighted by atomic mass is 9.73. The van der Waals surface area contributed by atoms with Gasteiger partial charge < -0.3 is 5.73 Å². The van der Waals surface area contributed by atoms with Gasteiger partial charge >= 0.3 is 0 Å². The molecule has 2 aliphatic carbocycles. The van der Waals surface area contributed by atoms with Crippen LogP contribution in [0.5, 0.6) is 0 Å². The second kappa shape index (κ2) is 4.55. The van der Waals surface area contributed by atoms with Gasteiger partial charge in [0.05, 0.1) is 0 Å². The van der Waals surface area contributed by atoms with Crippen LogP contribution in [0.1, 0.15) is 59.8 Å². The van der Waals surface area contributed by atoms with Gasteiger partial charge in [0.2, 0.25) is 0 Å². The molecule has 0 aliphatic heterocycles. The zero-order valence-electron chi connectivity index (χ0n) is 12.1. The van der Waals surface area contributed by atoms with E-state index in [1.54, 1.807) is 0 Å². The molecule has 0 aromatic rings. The van der Waals surface area contributed by atoms with E-state index >= 15 is 0 Å². The van der Waals surface area contributed by atoms with Crippen LogP contribution in [0.2, 0.25) is 0 Å². The smallest absolute Gasteiger partial charge is 0.0385 e. The summed E-state index contributed by atoms with van der Waals surface area (Å²) in [6.45, 7) is 11.6. The van der Waals surface area contributed by atoms with Crippen LogP contribution in [-0.2, 0) is 0 Å². The number of nitrogens with zero attached hydrogens (tertiary/aromatic N) is 1. The summed E-state index contributed by atoms with van der Waals surface area (Å²) in [6, 6.07) is 0.622. The van der Waals surface area contributed by atoms with Crippen LogP contribution in [0, 0.1) is 11.3 Å². The zero-order chi connectivity index (χ0) is 12.7. The van der Waals surface area contributed by atoms with E-state index < -0.39 is 0 Å². The van der Waals surface area contributed by atoms with Crippen LogP contribution in [0.3, 0.4) is 0 Å². The molecule has 17 heavy (non-hydrogen) atoms. The Morgan fingerprint density at radius 3 is 2.24 bits per heavy atom. The fourth-order valence-corrected chi connectivity index (χ4v) is 3.88. The third-order valence-corrected chi connectivity index (χ3v) is 5.31. The van der Waals surface area contributed by atoms with Crippen LogP contribution in [-0.4, -0.2) is 29.6 Å². The maximum absolute atomic E-state index is 6.24. The fraction of sp³-hybridized carbons (Fsp3) is 1.00. The summed E-state index contributed by atoms with van der Waals surface area (Å²) in [5.41, 5.74) is 6.87. The lowest BCUT2D eigenvalue weighted by Crippen LogP contribution is -2.62. The lowest BCUT2D eigenvalue weighted by Gasteiger charge is -2.51. The maximum atomic E-state index is 6.24. The molecule has 2 fully saturated rings. The standard InChI is InChI=1S/C15H30N2/c1-12(2)17(10-13-6-7-13)15(11-16)9-5-8-14(15,3)4/h12-13H,5-11,16H2,1-4H3. The van der Waals surface area contributed by atoms with E-state index in [1.165, 1.54) is 38.6 Å². The Hall–Kier alpha value is -0.0800. The summed E-state index contributed by atoms with van der Waals surface area (Å²) in [5, 5.41) is 0. The fourth-order valence-electron chi connectivity index (χ4n) is 3.88. The Labute approximate surface area is 107 Å². The van der Waals surface area contributed by atoms with Gasteiger partial charge in [-0.25, -0.2) is 0 Å². The molecular formula is C15H30N2. The summed E-state index contributed by atoms with van der Waals surface area (Å²) in [7, 11) is 0. The first kappa shape index (κ1) is 13.4. The van der Waals surface area contributed by atoms with Crippen molar-refractivity contribution < 1.29 is 0 Å². The predicted molar refractivity (Wildman–Crippen MR) is 74.0 cm³/mol. The Morgan fingerprint density at radius 1 is 1.24 bits per heavy atom. The second-order valence-corrected chi connectivity index (χ2v) is 7.16. The summed E-state index contributed by atoms with van der Waals surface area (Å²) >= 11 is 0. The van der Waals surface area contributed by atoms with Gasteiger partial charge in [-0.15, -0.1) is 0 Å².